The first-order chi connectivity index (χ1) is 10.1. The summed E-state index contributed by atoms with van der Waals surface area (Å²) >= 11 is 0. The van der Waals surface area contributed by atoms with E-state index in [9.17, 15) is 0 Å². The van der Waals surface area contributed by atoms with Gasteiger partial charge in [0.25, 0.3) is 0 Å². The van der Waals surface area contributed by atoms with Crippen LogP contribution in [-0.2, 0) is 4.74 Å². The molecule has 2 aromatic carbocycles. The van der Waals surface area contributed by atoms with Gasteiger partial charge in [-0.3, -0.25) is 0 Å². The number of hydrogen-bond acceptors (Lipinski definition) is 3. The first-order valence-corrected chi connectivity index (χ1v) is 7.20. The summed E-state index contributed by atoms with van der Waals surface area (Å²) in [4.78, 5) is 2.13. The molecule has 0 atom stereocenters. The predicted molar refractivity (Wildman–Crippen MR) is 89.6 cm³/mol. The van der Waals surface area contributed by atoms with Gasteiger partial charge in [-0.05, 0) is 13.0 Å². The van der Waals surface area contributed by atoms with Crippen LogP contribution in [0.3, 0.4) is 0 Å². The maximum Gasteiger partial charge on any atom is 0.0645 e. The van der Waals surface area contributed by atoms with Gasteiger partial charge in [0.15, 0.2) is 0 Å². The summed E-state index contributed by atoms with van der Waals surface area (Å²) in [5.74, 6) is 0. The Morgan fingerprint density at radius 1 is 1.10 bits per heavy atom. The van der Waals surface area contributed by atoms with Crippen molar-refractivity contribution >= 4 is 27.9 Å². The first-order valence-electron chi connectivity index (χ1n) is 7.20. The lowest BCUT2D eigenvalue weighted by atomic mass is 9.91. The molecule has 108 valence electrons. The van der Waals surface area contributed by atoms with Gasteiger partial charge in [0.1, 0.15) is 0 Å². The Bertz CT molecular complexity index is 711. The minimum absolute atomic E-state index is 0.662. The highest BCUT2D eigenvalue weighted by atomic mass is 16.5. The van der Waals surface area contributed by atoms with Crippen molar-refractivity contribution < 1.29 is 4.74 Å². The molecule has 0 spiro atoms. The number of benzene rings is 2. The smallest absolute Gasteiger partial charge is 0.0645 e. The zero-order valence-corrected chi connectivity index (χ0v) is 12.4. The highest BCUT2D eigenvalue weighted by molar-refractivity contribution is 6.08. The third kappa shape index (κ3) is 2.10. The van der Waals surface area contributed by atoms with E-state index in [4.69, 9.17) is 10.5 Å². The fraction of sp³-hybridized carbons (Fsp3) is 0.222. The van der Waals surface area contributed by atoms with Gasteiger partial charge in [-0.25, -0.2) is 0 Å². The van der Waals surface area contributed by atoms with Gasteiger partial charge < -0.3 is 15.4 Å². The molecule has 0 saturated heterocycles. The van der Waals surface area contributed by atoms with Gasteiger partial charge in [0.05, 0.1) is 6.61 Å². The van der Waals surface area contributed by atoms with Crippen LogP contribution in [-0.4, -0.2) is 24.7 Å². The largest absolute Gasteiger partial charge is 0.398 e. The van der Waals surface area contributed by atoms with Crippen molar-refractivity contribution in [3.63, 3.8) is 0 Å². The molecule has 0 saturated carbocycles. The van der Waals surface area contributed by atoms with Crippen molar-refractivity contribution in [2.24, 2.45) is 0 Å². The average molecular weight is 280 g/mol. The van der Waals surface area contributed by atoms with Crippen molar-refractivity contribution in [2.75, 3.05) is 25.5 Å². The van der Waals surface area contributed by atoms with Crippen LogP contribution in [0.25, 0.3) is 22.2 Å². The third-order valence-electron chi connectivity index (χ3n) is 4.01. The number of nitrogens with two attached hydrogens (primary N) is 1. The molecule has 0 amide bonds. The summed E-state index contributed by atoms with van der Waals surface area (Å²) in [5.41, 5.74) is 11.1. The third-order valence-corrected chi connectivity index (χ3v) is 4.01. The van der Waals surface area contributed by atoms with E-state index in [2.05, 4.69) is 24.1 Å². The number of ether oxygens (including phenoxy) is 1. The van der Waals surface area contributed by atoms with Gasteiger partial charge in [-0.1, -0.05) is 37.4 Å². The van der Waals surface area contributed by atoms with Crippen LogP contribution in [0.1, 0.15) is 18.1 Å². The van der Waals surface area contributed by atoms with E-state index < -0.39 is 0 Å². The molecule has 1 aliphatic heterocycles. The van der Waals surface area contributed by atoms with E-state index in [-0.39, 0.29) is 0 Å². The van der Waals surface area contributed by atoms with Gasteiger partial charge in [-0.2, -0.15) is 0 Å². The van der Waals surface area contributed by atoms with Crippen molar-refractivity contribution in [3.05, 3.63) is 54.6 Å². The lowest BCUT2D eigenvalue weighted by Gasteiger charge is -2.34. The highest BCUT2D eigenvalue weighted by Crippen LogP contribution is 2.42. The van der Waals surface area contributed by atoms with Crippen LogP contribution >= 0.6 is 0 Å². The Kier molecular flexibility index (Phi) is 3.43. The molecule has 0 unspecified atom stereocenters. The van der Waals surface area contributed by atoms with Gasteiger partial charge >= 0.3 is 0 Å². The van der Waals surface area contributed by atoms with Gasteiger partial charge in [0, 0.05) is 52.1 Å². The van der Waals surface area contributed by atoms with Crippen LogP contribution in [0.4, 0.5) is 5.69 Å². The fourth-order valence-electron chi connectivity index (χ4n) is 2.93. The van der Waals surface area contributed by atoms with Crippen molar-refractivity contribution in [2.45, 2.75) is 6.92 Å². The van der Waals surface area contributed by atoms with Crippen LogP contribution in [0.5, 0.6) is 0 Å². The van der Waals surface area contributed by atoms with Crippen LogP contribution in [0.2, 0.25) is 0 Å². The van der Waals surface area contributed by atoms with Crippen molar-refractivity contribution in [3.8, 4) is 0 Å². The number of anilines is 1. The molecule has 0 fully saturated rings. The Hall–Kier alpha value is -2.26. The summed E-state index contributed by atoms with van der Waals surface area (Å²) in [6.07, 6.45) is 0. The molecule has 3 rings (SSSR count). The van der Waals surface area contributed by atoms with E-state index in [1.807, 2.05) is 31.2 Å². The lowest BCUT2D eigenvalue weighted by Crippen LogP contribution is -2.27. The number of nitrogen functional groups attached to an aromatic ring is 1. The standard InChI is InChI=1S/C18H20N2O/c1-4-21-11-10-20-12(2)14-6-5-7-16-17(19)9-8-15(13(20)3)18(14)16/h5-9H,2-4,10-11,19H2,1H3. The molecule has 1 heterocycles. The van der Waals surface area contributed by atoms with Crippen molar-refractivity contribution in [1.82, 2.24) is 4.90 Å². The molecule has 1 aliphatic rings. The van der Waals surface area contributed by atoms with E-state index in [0.29, 0.717) is 6.61 Å². The highest BCUT2D eigenvalue weighted by Gasteiger charge is 2.24. The number of hydrogen-bond donors (Lipinski definition) is 1. The summed E-state index contributed by atoms with van der Waals surface area (Å²) in [7, 11) is 0. The summed E-state index contributed by atoms with van der Waals surface area (Å²) in [6.45, 7) is 12.6. The normalized spacial score (nSPS) is 14.0. The molecule has 3 nitrogen and oxygen atoms in total. The number of nitrogens with zero attached hydrogens (tertiary/aromatic N) is 1. The second-order valence-corrected chi connectivity index (χ2v) is 5.17. The maximum atomic E-state index is 6.10. The molecule has 0 radical (unpaired) electrons. The summed E-state index contributed by atoms with van der Waals surface area (Å²) in [5, 5.41) is 2.22. The zero-order valence-electron chi connectivity index (χ0n) is 12.4. The fourth-order valence-corrected chi connectivity index (χ4v) is 2.93. The Morgan fingerprint density at radius 2 is 1.81 bits per heavy atom. The molecule has 0 aromatic heterocycles. The minimum atomic E-state index is 0.662. The topological polar surface area (TPSA) is 38.5 Å². The lowest BCUT2D eigenvalue weighted by molar-refractivity contribution is 0.140. The van der Waals surface area contributed by atoms with Crippen LogP contribution < -0.4 is 5.73 Å². The van der Waals surface area contributed by atoms with Gasteiger partial charge in [0.2, 0.25) is 0 Å². The Balaban J connectivity index is 2.11. The van der Waals surface area contributed by atoms with E-state index in [1.54, 1.807) is 0 Å². The van der Waals surface area contributed by atoms with E-state index >= 15 is 0 Å². The molecule has 2 aromatic rings. The molecular formula is C18H20N2O. The SMILES string of the molecule is C=C1c2cccc3c(N)ccc(c23)C(=C)N1CCOCC. The first kappa shape index (κ1) is 13.7. The quantitative estimate of drug-likeness (QED) is 0.685. The summed E-state index contributed by atoms with van der Waals surface area (Å²) < 4.78 is 5.47. The predicted octanol–water partition coefficient (Wildman–Crippen LogP) is 3.72. The summed E-state index contributed by atoms with van der Waals surface area (Å²) in [6, 6.07) is 10.2. The minimum Gasteiger partial charge on any atom is -0.398 e. The molecule has 21 heavy (non-hydrogen) atoms. The van der Waals surface area contributed by atoms with E-state index in [1.165, 1.54) is 0 Å². The average Bonchev–Trinajstić information content (AvgIpc) is 2.49. The van der Waals surface area contributed by atoms with E-state index in [0.717, 1.165) is 52.1 Å². The zero-order chi connectivity index (χ0) is 15.0. The second kappa shape index (κ2) is 5.26. The molecule has 2 N–H and O–H groups in total. The Morgan fingerprint density at radius 3 is 2.52 bits per heavy atom. The number of rotatable bonds is 4. The molecule has 0 bridgehead atoms. The monoisotopic (exact) mass is 280 g/mol. The molecular weight excluding hydrogens is 260 g/mol. The molecule has 3 heteroatoms. The van der Waals surface area contributed by atoms with Crippen LogP contribution in [0, 0.1) is 0 Å². The Labute approximate surface area is 125 Å². The van der Waals surface area contributed by atoms with Gasteiger partial charge in [-0.15, -0.1) is 0 Å². The van der Waals surface area contributed by atoms with Crippen LogP contribution in [0.15, 0.2) is 43.5 Å². The maximum absolute atomic E-state index is 6.10. The van der Waals surface area contributed by atoms with Crippen molar-refractivity contribution in [1.29, 1.82) is 0 Å². The second-order valence-electron chi connectivity index (χ2n) is 5.17. The molecule has 0 aliphatic carbocycles.